The Balaban J connectivity index is 1.40. The molecule has 1 aliphatic rings. The quantitative estimate of drug-likeness (QED) is 0.684. The molecular weight excluding hydrogens is 409 g/mol. The molecule has 0 aromatic heterocycles. The highest BCUT2D eigenvalue weighted by molar-refractivity contribution is 6.34. The Labute approximate surface area is 182 Å². The molecule has 0 bridgehead atoms. The van der Waals surface area contributed by atoms with Crippen molar-refractivity contribution in [3.05, 3.63) is 63.6 Å². The molecule has 0 unspecified atom stereocenters. The number of hydrogen-bond donors (Lipinski definition) is 1. The third kappa shape index (κ3) is 6.89. The van der Waals surface area contributed by atoms with Crippen molar-refractivity contribution < 1.29 is 9.53 Å². The van der Waals surface area contributed by atoms with Crippen LogP contribution in [0.3, 0.4) is 0 Å². The van der Waals surface area contributed by atoms with Gasteiger partial charge >= 0.3 is 0 Å². The maximum Gasteiger partial charge on any atom is 0.258 e. The molecule has 1 saturated heterocycles. The highest BCUT2D eigenvalue weighted by atomic mass is 35.5. The number of nitrogens with one attached hydrogen (secondary N) is 1. The molecule has 1 amide bonds. The van der Waals surface area contributed by atoms with Gasteiger partial charge in [0, 0.05) is 50.4 Å². The number of carbonyl (C=O) groups is 1. The molecule has 0 radical (unpaired) electrons. The summed E-state index contributed by atoms with van der Waals surface area (Å²) in [5.41, 5.74) is 2.35. The van der Waals surface area contributed by atoms with Gasteiger partial charge < -0.3 is 15.0 Å². The van der Waals surface area contributed by atoms with Crippen LogP contribution in [0.15, 0.2) is 42.5 Å². The zero-order valence-corrected chi connectivity index (χ0v) is 18.2. The van der Waals surface area contributed by atoms with E-state index in [4.69, 9.17) is 27.9 Å². The van der Waals surface area contributed by atoms with Crippen molar-refractivity contribution in [1.82, 2.24) is 15.1 Å². The number of likely N-dealkylation sites (N-methyl/N-ethyl adjacent to an activating group) is 1. The van der Waals surface area contributed by atoms with Crippen LogP contribution in [0, 0.1) is 0 Å². The maximum absolute atomic E-state index is 12.0. The predicted octanol–water partition coefficient (Wildman–Crippen LogP) is 3.83. The topological polar surface area (TPSA) is 44.8 Å². The minimum Gasteiger partial charge on any atom is -0.482 e. The lowest BCUT2D eigenvalue weighted by Gasteiger charge is -2.34. The van der Waals surface area contributed by atoms with Crippen molar-refractivity contribution >= 4 is 29.1 Å². The Morgan fingerprint density at radius 3 is 2.34 bits per heavy atom. The van der Waals surface area contributed by atoms with Gasteiger partial charge in [-0.1, -0.05) is 54.4 Å². The number of halogens is 2. The van der Waals surface area contributed by atoms with E-state index in [-0.39, 0.29) is 12.5 Å². The lowest BCUT2D eigenvalue weighted by molar-refractivity contribution is -0.123. The van der Waals surface area contributed by atoms with E-state index in [2.05, 4.69) is 46.3 Å². The fourth-order valence-corrected chi connectivity index (χ4v) is 3.60. The highest BCUT2D eigenvalue weighted by Gasteiger charge is 2.15. The van der Waals surface area contributed by atoms with Gasteiger partial charge in [-0.15, -0.1) is 0 Å². The van der Waals surface area contributed by atoms with Gasteiger partial charge in [-0.25, -0.2) is 0 Å². The number of benzene rings is 2. The molecule has 0 saturated carbocycles. The van der Waals surface area contributed by atoms with Gasteiger partial charge in [-0.05, 0) is 29.8 Å². The van der Waals surface area contributed by atoms with Gasteiger partial charge in [-0.3, -0.25) is 9.69 Å². The van der Waals surface area contributed by atoms with E-state index in [0.717, 1.165) is 44.8 Å². The first-order valence-electron chi connectivity index (χ1n) is 9.90. The maximum atomic E-state index is 12.0. The molecule has 29 heavy (non-hydrogen) atoms. The van der Waals surface area contributed by atoms with Gasteiger partial charge in [0.1, 0.15) is 5.75 Å². The summed E-state index contributed by atoms with van der Waals surface area (Å²) < 4.78 is 5.45. The fraction of sp³-hybridized carbons (Fsp3) is 0.409. The number of carbonyl (C=O) groups excluding carboxylic acids is 1. The van der Waals surface area contributed by atoms with Crippen molar-refractivity contribution in [1.29, 1.82) is 0 Å². The monoisotopic (exact) mass is 435 g/mol. The lowest BCUT2D eigenvalue weighted by atomic mass is 10.1. The Bertz CT molecular complexity index is 806. The first-order chi connectivity index (χ1) is 14.0. The van der Waals surface area contributed by atoms with E-state index in [0.29, 0.717) is 22.3 Å². The standard InChI is InChI=1S/C22H27Cl2N3O2/c1-2-26-9-11-27(12-10-26)15-18-5-3-17(4-6-18)14-25-22(28)16-29-21-13-19(23)7-8-20(21)24/h3-8,13H,2,9-12,14-16H2,1H3,(H,25,28). The summed E-state index contributed by atoms with van der Waals surface area (Å²) in [5.74, 6) is 0.192. The van der Waals surface area contributed by atoms with E-state index >= 15 is 0 Å². The average Bonchev–Trinajstić information content (AvgIpc) is 2.74. The largest absolute Gasteiger partial charge is 0.482 e. The van der Waals surface area contributed by atoms with Crippen LogP contribution in [-0.4, -0.2) is 55.0 Å². The smallest absolute Gasteiger partial charge is 0.258 e. The van der Waals surface area contributed by atoms with Gasteiger partial charge in [0.2, 0.25) is 0 Å². The third-order valence-electron chi connectivity index (χ3n) is 5.08. The molecule has 0 spiro atoms. The Hall–Kier alpha value is -1.79. The second kappa shape index (κ2) is 10.8. The Morgan fingerprint density at radius 1 is 1.00 bits per heavy atom. The van der Waals surface area contributed by atoms with Gasteiger partial charge in [0.25, 0.3) is 5.91 Å². The molecule has 1 N–H and O–H groups in total. The zero-order chi connectivity index (χ0) is 20.6. The van der Waals surface area contributed by atoms with Crippen molar-refractivity contribution in [2.45, 2.75) is 20.0 Å². The summed E-state index contributed by atoms with van der Waals surface area (Å²) in [6.07, 6.45) is 0. The van der Waals surface area contributed by atoms with Crippen LogP contribution in [0.4, 0.5) is 0 Å². The summed E-state index contributed by atoms with van der Waals surface area (Å²) in [4.78, 5) is 17.0. The second-order valence-electron chi connectivity index (χ2n) is 7.17. The van der Waals surface area contributed by atoms with Gasteiger partial charge in [0.05, 0.1) is 5.02 Å². The molecule has 1 aliphatic heterocycles. The first kappa shape index (κ1) is 21.9. The van der Waals surface area contributed by atoms with Crippen LogP contribution in [0.25, 0.3) is 0 Å². The number of piperazine rings is 1. The molecular formula is C22H27Cl2N3O2. The minimum atomic E-state index is -0.209. The van der Waals surface area contributed by atoms with Crippen molar-refractivity contribution in [2.75, 3.05) is 39.3 Å². The summed E-state index contributed by atoms with van der Waals surface area (Å²) >= 11 is 11.9. The van der Waals surface area contributed by atoms with E-state index in [1.54, 1.807) is 18.2 Å². The van der Waals surface area contributed by atoms with Crippen LogP contribution in [-0.2, 0) is 17.9 Å². The second-order valence-corrected chi connectivity index (χ2v) is 8.01. The van der Waals surface area contributed by atoms with Crippen LogP contribution >= 0.6 is 23.2 Å². The molecule has 1 fully saturated rings. The van der Waals surface area contributed by atoms with Crippen LogP contribution in [0.2, 0.25) is 10.0 Å². The lowest BCUT2D eigenvalue weighted by Crippen LogP contribution is -2.45. The van der Waals surface area contributed by atoms with Crippen molar-refractivity contribution in [2.24, 2.45) is 0 Å². The third-order valence-corrected chi connectivity index (χ3v) is 5.63. The summed E-state index contributed by atoms with van der Waals surface area (Å²) in [7, 11) is 0. The molecule has 1 heterocycles. The molecule has 0 aliphatic carbocycles. The molecule has 0 atom stereocenters. The number of amides is 1. The highest BCUT2D eigenvalue weighted by Crippen LogP contribution is 2.27. The SMILES string of the molecule is CCN1CCN(Cc2ccc(CNC(=O)COc3cc(Cl)ccc3Cl)cc2)CC1. The van der Waals surface area contributed by atoms with E-state index in [1.807, 2.05) is 0 Å². The Kier molecular flexibility index (Phi) is 8.19. The molecule has 7 heteroatoms. The minimum absolute atomic E-state index is 0.109. The molecule has 2 aromatic rings. The van der Waals surface area contributed by atoms with E-state index in [9.17, 15) is 4.79 Å². The number of hydrogen-bond acceptors (Lipinski definition) is 4. The van der Waals surface area contributed by atoms with Crippen LogP contribution in [0.5, 0.6) is 5.75 Å². The fourth-order valence-electron chi connectivity index (χ4n) is 3.27. The zero-order valence-electron chi connectivity index (χ0n) is 16.7. The van der Waals surface area contributed by atoms with Gasteiger partial charge in [0.15, 0.2) is 6.61 Å². The molecule has 5 nitrogen and oxygen atoms in total. The number of nitrogens with zero attached hydrogens (tertiary/aromatic N) is 2. The molecule has 3 rings (SSSR count). The van der Waals surface area contributed by atoms with Crippen molar-refractivity contribution in [3.8, 4) is 5.75 Å². The number of rotatable bonds is 8. The predicted molar refractivity (Wildman–Crippen MR) is 118 cm³/mol. The average molecular weight is 436 g/mol. The normalized spacial score (nSPS) is 15.3. The Morgan fingerprint density at radius 2 is 1.66 bits per heavy atom. The van der Waals surface area contributed by atoms with E-state index in [1.165, 1.54) is 5.56 Å². The van der Waals surface area contributed by atoms with Crippen molar-refractivity contribution in [3.63, 3.8) is 0 Å². The summed E-state index contributed by atoms with van der Waals surface area (Å²) in [6.45, 7) is 9.18. The molecule has 2 aromatic carbocycles. The molecule has 156 valence electrons. The van der Waals surface area contributed by atoms with Gasteiger partial charge in [-0.2, -0.15) is 0 Å². The number of ether oxygens (including phenoxy) is 1. The van der Waals surface area contributed by atoms with E-state index < -0.39 is 0 Å². The van der Waals surface area contributed by atoms with Crippen LogP contribution < -0.4 is 10.1 Å². The first-order valence-corrected chi connectivity index (χ1v) is 10.7. The summed E-state index contributed by atoms with van der Waals surface area (Å²) in [6, 6.07) is 13.3. The summed E-state index contributed by atoms with van der Waals surface area (Å²) in [5, 5.41) is 3.80. The van der Waals surface area contributed by atoms with Crippen LogP contribution in [0.1, 0.15) is 18.1 Å².